The fourth-order valence-electron chi connectivity index (χ4n) is 4.31. The van der Waals surface area contributed by atoms with Gasteiger partial charge in [0, 0.05) is 19.7 Å². The minimum Gasteiger partial charge on any atom is -0.507 e. The van der Waals surface area contributed by atoms with Crippen LogP contribution in [0.25, 0.3) is 0 Å². The van der Waals surface area contributed by atoms with Gasteiger partial charge in [0.1, 0.15) is 35.4 Å². The Bertz CT molecular complexity index is 1260. The predicted octanol–water partition coefficient (Wildman–Crippen LogP) is 6.01. The van der Waals surface area contributed by atoms with Crippen LogP contribution in [0.1, 0.15) is 78.0 Å². The topological polar surface area (TPSA) is 103 Å². The van der Waals surface area contributed by atoms with Gasteiger partial charge in [0.2, 0.25) is 0 Å². The molecule has 0 spiro atoms. The summed E-state index contributed by atoms with van der Waals surface area (Å²) in [5.74, 6) is 0.752. The zero-order valence-electron chi connectivity index (χ0n) is 24.9. The number of nitrogens with zero attached hydrogens (tertiary/aromatic N) is 2. The molecule has 218 valence electrons. The molecule has 8 nitrogen and oxygen atoms in total. The Kier molecular flexibility index (Phi) is 12.7. The number of rotatable bonds is 12. The Balaban J connectivity index is 0.000000286. The summed E-state index contributed by atoms with van der Waals surface area (Å²) in [6.45, 7) is 16.0. The molecule has 0 radical (unpaired) electrons. The number of amides is 1. The van der Waals surface area contributed by atoms with Crippen molar-refractivity contribution >= 4 is 11.7 Å². The van der Waals surface area contributed by atoms with Gasteiger partial charge in [-0.1, -0.05) is 33.8 Å². The van der Waals surface area contributed by atoms with E-state index in [1.165, 1.54) is 29.0 Å². The van der Waals surface area contributed by atoms with Gasteiger partial charge in [-0.3, -0.25) is 9.59 Å². The van der Waals surface area contributed by atoms with Gasteiger partial charge in [0.15, 0.2) is 5.78 Å². The van der Waals surface area contributed by atoms with E-state index in [9.17, 15) is 19.8 Å². The summed E-state index contributed by atoms with van der Waals surface area (Å²) in [7, 11) is 1.56. The van der Waals surface area contributed by atoms with Crippen molar-refractivity contribution < 1.29 is 29.0 Å². The number of ether oxygens (including phenoxy) is 1. The lowest BCUT2D eigenvalue weighted by Crippen LogP contribution is -2.27. The van der Waals surface area contributed by atoms with Crippen molar-refractivity contribution in [3.8, 4) is 17.2 Å². The number of aryl methyl sites for hydroxylation is 3. The van der Waals surface area contributed by atoms with E-state index in [1.807, 2.05) is 0 Å². The summed E-state index contributed by atoms with van der Waals surface area (Å²) < 4.78 is 11.2. The molecule has 8 heteroatoms. The van der Waals surface area contributed by atoms with Crippen molar-refractivity contribution in [2.24, 2.45) is 0 Å². The first kappa shape index (κ1) is 32.4. The molecule has 0 atom stereocenters. The maximum absolute atomic E-state index is 12.4. The van der Waals surface area contributed by atoms with Crippen LogP contribution in [0.2, 0.25) is 0 Å². The van der Waals surface area contributed by atoms with Crippen molar-refractivity contribution in [1.82, 2.24) is 9.80 Å². The molecule has 3 rings (SSSR count). The fraction of sp³-hybridized carbons (Fsp3) is 0.438. The summed E-state index contributed by atoms with van der Waals surface area (Å²) in [6.07, 6.45) is 2.18. The van der Waals surface area contributed by atoms with Crippen LogP contribution in [0.15, 0.2) is 46.9 Å². The number of carbonyl (C=O) groups is 2. The first-order chi connectivity index (χ1) is 19.0. The van der Waals surface area contributed by atoms with E-state index in [1.54, 1.807) is 26.1 Å². The molecule has 0 aliphatic rings. The molecule has 0 aliphatic carbocycles. The van der Waals surface area contributed by atoms with E-state index in [0.29, 0.717) is 5.76 Å². The van der Waals surface area contributed by atoms with Crippen LogP contribution in [0.5, 0.6) is 17.2 Å². The molecule has 1 amide bonds. The smallest absolute Gasteiger partial charge is 0.257 e. The van der Waals surface area contributed by atoms with E-state index in [0.717, 1.165) is 56.7 Å². The van der Waals surface area contributed by atoms with E-state index in [-0.39, 0.29) is 29.2 Å². The van der Waals surface area contributed by atoms with Gasteiger partial charge in [-0.05, 0) is 81.2 Å². The highest BCUT2D eigenvalue weighted by Crippen LogP contribution is 2.29. The van der Waals surface area contributed by atoms with Crippen LogP contribution in [0.3, 0.4) is 0 Å². The van der Waals surface area contributed by atoms with Crippen molar-refractivity contribution in [1.29, 1.82) is 0 Å². The zero-order chi connectivity index (χ0) is 29.8. The van der Waals surface area contributed by atoms with Gasteiger partial charge < -0.3 is 29.2 Å². The Labute approximate surface area is 238 Å². The van der Waals surface area contributed by atoms with Crippen molar-refractivity contribution in [3.05, 3.63) is 76.2 Å². The monoisotopic (exact) mass is 552 g/mol. The molecule has 0 saturated carbocycles. The molecule has 40 heavy (non-hydrogen) atoms. The molecule has 0 unspecified atom stereocenters. The Morgan fingerprint density at radius 1 is 0.875 bits per heavy atom. The van der Waals surface area contributed by atoms with Crippen LogP contribution < -0.4 is 4.74 Å². The fourth-order valence-corrected chi connectivity index (χ4v) is 4.31. The second-order valence-electron chi connectivity index (χ2n) is 9.63. The number of hydrogen-bond acceptors (Lipinski definition) is 7. The second-order valence-corrected chi connectivity index (χ2v) is 9.63. The molecule has 2 N–H and O–H groups in total. The Morgan fingerprint density at radius 3 is 2.08 bits per heavy atom. The molecule has 1 aromatic heterocycles. The highest BCUT2D eigenvalue weighted by atomic mass is 16.5. The summed E-state index contributed by atoms with van der Waals surface area (Å²) in [5.41, 5.74) is 2.80. The molecule has 0 aliphatic heterocycles. The van der Waals surface area contributed by atoms with Crippen molar-refractivity contribution in [2.45, 2.75) is 60.9 Å². The number of benzene rings is 2. The number of likely N-dealkylation sites (N-methyl/N-ethyl adjacent to an activating group) is 1. The number of Topliss-reactive ketones (excluding diaryl/α,β-unsaturated/α-hetero) is 1. The van der Waals surface area contributed by atoms with E-state index >= 15 is 0 Å². The Hall–Kier alpha value is -3.78. The van der Waals surface area contributed by atoms with Gasteiger partial charge in [0.25, 0.3) is 5.91 Å². The van der Waals surface area contributed by atoms with Crippen molar-refractivity contribution in [3.63, 3.8) is 0 Å². The molecular formula is C32H44N2O6. The zero-order valence-corrected chi connectivity index (χ0v) is 24.9. The molecule has 0 bridgehead atoms. The highest BCUT2D eigenvalue weighted by molar-refractivity contribution is 6.03. The maximum atomic E-state index is 12.4. The van der Waals surface area contributed by atoms with Gasteiger partial charge in [-0.2, -0.15) is 0 Å². The first-order valence-electron chi connectivity index (χ1n) is 13.9. The molecule has 0 fully saturated rings. The number of carbonyl (C=O) groups excluding carboxylic acids is 2. The molecule has 1 heterocycles. The summed E-state index contributed by atoms with van der Waals surface area (Å²) in [5, 5.41) is 19.5. The number of aromatic hydroxyl groups is 2. The number of furan rings is 1. The lowest BCUT2D eigenvalue weighted by Gasteiger charge is -2.18. The van der Waals surface area contributed by atoms with Crippen LogP contribution in [0.4, 0.5) is 0 Å². The van der Waals surface area contributed by atoms with Gasteiger partial charge >= 0.3 is 0 Å². The van der Waals surface area contributed by atoms with Crippen LogP contribution >= 0.6 is 0 Å². The standard InChI is InChI=1S/C16H17NO5.C16H27NO/c1-9-4-5-11(22-9)8-17(3)16(21)13-6-12(10(2)18)14(19)7-15(13)20;1-5-14-9-10-16(13-15(14)6-2)18-12-11-17(7-3)8-4/h4-7,19-20H,8H2,1-3H3;9-10,13H,5-8,11-12H2,1-4H3. The normalized spacial score (nSPS) is 10.7. The molecule has 0 saturated heterocycles. The summed E-state index contributed by atoms with van der Waals surface area (Å²) in [4.78, 5) is 27.6. The summed E-state index contributed by atoms with van der Waals surface area (Å²) in [6, 6.07) is 12.2. The summed E-state index contributed by atoms with van der Waals surface area (Å²) >= 11 is 0. The second kappa shape index (κ2) is 15.7. The van der Waals surface area contributed by atoms with Crippen LogP contribution in [0, 0.1) is 6.92 Å². The minimum absolute atomic E-state index is 0.0107. The average molecular weight is 553 g/mol. The van der Waals surface area contributed by atoms with Gasteiger partial charge in [-0.25, -0.2) is 0 Å². The quantitative estimate of drug-likeness (QED) is 0.265. The molecular weight excluding hydrogens is 508 g/mol. The third-order valence-electron chi connectivity index (χ3n) is 6.77. The van der Waals surface area contributed by atoms with E-state index < -0.39 is 11.7 Å². The van der Waals surface area contributed by atoms with Crippen LogP contribution in [-0.4, -0.2) is 65.0 Å². The van der Waals surface area contributed by atoms with E-state index in [2.05, 4.69) is 50.8 Å². The minimum atomic E-state index is -0.478. The lowest BCUT2D eigenvalue weighted by molar-refractivity contribution is 0.0772. The SMILES string of the molecule is CC(=O)c1cc(C(=O)N(C)Cc2ccc(C)o2)c(O)cc1O.CCc1ccc(OCCN(CC)CC)cc1CC. The molecule has 3 aromatic rings. The number of ketones is 1. The maximum Gasteiger partial charge on any atom is 0.257 e. The Morgan fingerprint density at radius 2 is 1.52 bits per heavy atom. The van der Waals surface area contributed by atoms with Crippen LogP contribution in [-0.2, 0) is 19.4 Å². The molecule has 2 aromatic carbocycles. The van der Waals surface area contributed by atoms with Gasteiger partial charge in [-0.15, -0.1) is 0 Å². The highest BCUT2D eigenvalue weighted by Gasteiger charge is 2.21. The third-order valence-corrected chi connectivity index (χ3v) is 6.77. The lowest BCUT2D eigenvalue weighted by atomic mass is 10.0. The number of hydrogen-bond donors (Lipinski definition) is 2. The predicted molar refractivity (Wildman–Crippen MR) is 157 cm³/mol. The average Bonchev–Trinajstić information content (AvgIpc) is 3.34. The third kappa shape index (κ3) is 9.16. The van der Waals surface area contributed by atoms with Gasteiger partial charge in [0.05, 0.1) is 17.7 Å². The number of phenols is 2. The number of phenolic OH excluding ortho intramolecular Hbond substituents is 2. The largest absolute Gasteiger partial charge is 0.507 e. The first-order valence-corrected chi connectivity index (χ1v) is 13.9. The van der Waals surface area contributed by atoms with E-state index in [4.69, 9.17) is 9.15 Å². The van der Waals surface area contributed by atoms with Crippen molar-refractivity contribution in [2.75, 3.05) is 33.3 Å².